The molecule has 0 radical (unpaired) electrons. The molecule has 3 heteroatoms. The van der Waals surface area contributed by atoms with Gasteiger partial charge in [0.05, 0.1) is 0 Å². The van der Waals surface area contributed by atoms with Gasteiger partial charge in [-0.25, -0.2) is 4.39 Å². The number of hydrogen-bond donors (Lipinski definition) is 1. The highest BCUT2D eigenvalue weighted by Gasteiger charge is 1.97. The Bertz CT molecular complexity index is 477. The van der Waals surface area contributed by atoms with Gasteiger partial charge in [-0.05, 0) is 36.2 Å². The number of nitrogens with zero attached hydrogens (tertiary/aromatic N) is 1. The summed E-state index contributed by atoms with van der Waals surface area (Å²) in [4.78, 5) is 0. The molecule has 0 aliphatic carbocycles. The van der Waals surface area contributed by atoms with Crippen LogP contribution in [0.2, 0.25) is 0 Å². The maximum atomic E-state index is 12.9. The smallest absolute Gasteiger partial charge is 0.123 e. The third kappa shape index (κ3) is 3.43. The minimum atomic E-state index is -0.179. The number of hydrogen-bond acceptors (Lipinski definition) is 1. The zero-order valence-corrected chi connectivity index (χ0v) is 9.99. The number of aryl methyl sites for hydroxylation is 1. The second-order valence-electron chi connectivity index (χ2n) is 4.08. The lowest BCUT2D eigenvalue weighted by molar-refractivity contribution is 0.620. The first-order chi connectivity index (χ1) is 8.28. The molecule has 2 nitrogen and oxygen atoms in total. The van der Waals surface area contributed by atoms with Crippen LogP contribution >= 0.6 is 0 Å². The van der Waals surface area contributed by atoms with Crippen LogP contribution in [0.5, 0.6) is 0 Å². The molecular formula is C14H17FN2. The zero-order valence-electron chi connectivity index (χ0n) is 9.99. The van der Waals surface area contributed by atoms with Crippen molar-refractivity contribution in [2.24, 2.45) is 0 Å². The summed E-state index contributed by atoms with van der Waals surface area (Å²) in [6.45, 7) is 4.60. The molecule has 0 aliphatic rings. The Kier molecular flexibility index (Phi) is 3.94. The van der Waals surface area contributed by atoms with E-state index in [1.165, 1.54) is 11.6 Å². The summed E-state index contributed by atoms with van der Waals surface area (Å²) in [5.41, 5.74) is 2.23. The van der Waals surface area contributed by atoms with E-state index in [4.69, 9.17) is 0 Å². The molecular weight excluding hydrogens is 215 g/mol. The Morgan fingerprint density at radius 3 is 2.71 bits per heavy atom. The first-order valence-electron chi connectivity index (χ1n) is 5.87. The number of aromatic nitrogens is 1. The molecule has 0 unspecified atom stereocenters. The Morgan fingerprint density at radius 2 is 2.00 bits per heavy atom. The fraction of sp³-hybridized carbons (Fsp3) is 0.286. The molecule has 1 heterocycles. The van der Waals surface area contributed by atoms with Gasteiger partial charge in [0.2, 0.25) is 0 Å². The van der Waals surface area contributed by atoms with E-state index < -0.39 is 0 Å². The van der Waals surface area contributed by atoms with Gasteiger partial charge in [0.15, 0.2) is 0 Å². The minimum Gasteiger partial charge on any atom is -0.354 e. The first-order valence-corrected chi connectivity index (χ1v) is 5.87. The Morgan fingerprint density at radius 1 is 1.18 bits per heavy atom. The van der Waals surface area contributed by atoms with Crippen LogP contribution in [0.25, 0.3) is 0 Å². The SMILES string of the molecule is CCn1ccc(CNCc2cccc(F)c2)c1. The highest BCUT2D eigenvalue weighted by atomic mass is 19.1. The molecule has 1 aromatic heterocycles. The normalized spacial score (nSPS) is 10.7. The van der Waals surface area contributed by atoms with E-state index in [2.05, 4.69) is 35.3 Å². The third-order valence-corrected chi connectivity index (χ3v) is 2.72. The molecule has 0 aliphatic heterocycles. The monoisotopic (exact) mass is 232 g/mol. The van der Waals surface area contributed by atoms with Crippen molar-refractivity contribution in [1.82, 2.24) is 9.88 Å². The summed E-state index contributed by atoms with van der Waals surface area (Å²) in [5, 5.41) is 3.30. The van der Waals surface area contributed by atoms with Gasteiger partial charge >= 0.3 is 0 Å². The number of rotatable bonds is 5. The van der Waals surface area contributed by atoms with Gasteiger partial charge in [-0.2, -0.15) is 0 Å². The zero-order chi connectivity index (χ0) is 12.1. The highest BCUT2D eigenvalue weighted by Crippen LogP contribution is 2.04. The predicted octanol–water partition coefficient (Wildman–Crippen LogP) is 2.94. The van der Waals surface area contributed by atoms with E-state index in [0.717, 1.165) is 18.7 Å². The second-order valence-corrected chi connectivity index (χ2v) is 4.08. The molecule has 0 saturated carbocycles. The fourth-order valence-electron chi connectivity index (χ4n) is 1.79. The van der Waals surface area contributed by atoms with Crippen molar-refractivity contribution < 1.29 is 4.39 Å². The number of nitrogens with one attached hydrogen (secondary N) is 1. The quantitative estimate of drug-likeness (QED) is 0.838. The molecule has 90 valence electrons. The first kappa shape index (κ1) is 11.9. The van der Waals surface area contributed by atoms with E-state index in [0.29, 0.717) is 6.54 Å². The van der Waals surface area contributed by atoms with Gasteiger partial charge in [-0.15, -0.1) is 0 Å². The summed E-state index contributed by atoms with van der Waals surface area (Å²) in [6, 6.07) is 8.78. The highest BCUT2D eigenvalue weighted by molar-refractivity contribution is 5.16. The Labute approximate surface area is 101 Å². The standard InChI is InChI=1S/C14H17FN2/c1-2-17-7-6-13(11-17)10-16-9-12-4-3-5-14(15)8-12/h3-8,11,16H,2,9-10H2,1H3. The van der Waals surface area contributed by atoms with Gasteiger partial charge in [0.1, 0.15) is 5.82 Å². The summed E-state index contributed by atoms with van der Waals surface area (Å²) >= 11 is 0. The van der Waals surface area contributed by atoms with Crippen molar-refractivity contribution >= 4 is 0 Å². The Hall–Kier alpha value is -1.61. The molecule has 2 rings (SSSR count). The van der Waals surface area contributed by atoms with Crippen LogP contribution in [0.4, 0.5) is 4.39 Å². The average molecular weight is 232 g/mol. The third-order valence-electron chi connectivity index (χ3n) is 2.72. The molecule has 0 spiro atoms. The molecule has 1 N–H and O–H groups in total. The van der Waals surface area contributed by atoms with Crippen molar-refractivity contribution in [1.29, 1.82) is 0 Å². The van der Waals surface area contributed by atoms with Crippen LogP contribution in [-0.2, 0) is 19.6 Å². The van der Waals surface area contributed by atoms with Gasteiger partial charge in [0, 0.05) is 32.0 Å². The van der Waals surface area contributed by atoms with E-state index in [-0.39, 0.29) is 5.82 Å². The lowest BCUT2D eigenvalue weighted by Gasteiger charge is -2.03. The largest absolute Gasteiger partial charge is 0.354 e. The molecule has 17 heavy (non-hydrogen) atoms. The summed E-state index contributed by atoms with van der Waals surface area (Å²) < 4.78 is 15.1. The maximum Gasteiger partial charge on any atom is 0.123 e. The second kappa shape index (κ2) is 5.64. The summed E-state index contributed by atoms with van der Waals surface area (Å²) in [6.07, 6.45) is 4.19. The molecule has 0 saturated heterocycles. The van der Waals surface area contributed by atoms with Crippen molar-refractivity contribution in [2.75, 3.05) is 0 Å². The van der Waals surface area contributed by atoms with Crippen molar-refractivity contribution in [3.05, 3.63) is 59.7 Å². The summed E-state index contributed by atoms with van der Waals surface area (Å²) in [7, 11) is 0. The molecule has 1 aromatic carbocycles. The minimum absolute atomic E-state index is 0.179. The predicted molar refractivity (Wildman–Crippen MR) is 67.0 cm³/mol. The average Bonchev–Trinajstić information content (AvgIpc) is 2.77. The van der Waals surface area contributed by atoms with Crippen molar-refractivity contribution in [3.63, 3.8) is 0 Å². The van der Waals surface area contributed by atoms with Crippen LogP contribution in [0.15, 0.2) is 42.7 Å². The molecule has 0 fully saturated rings. The van der Waals surface area contributed by atoms with Crippen molar-refractivity contribution in [3.8, 4) is 0 Å². The lowest BCUT2D eigenvalue weighted by atomic mass is 10.2. The molecule has 0 bridgehead atoms. The van der Waals surface area contributed by atoms with Crippen LogP contribution in [0, 0.1) is 5.82 Å². The van der Waals surface area contributed by atoms with E-state index >= 15 is 0 Å². The number of halogens is 1. The maximum absolute atomic E-state index is 12.9. The van der Waals surface area contributed by atoms with Gasteiger partial charge in [-0.1, -0.05) is 12.1 Å². The van der Waals surface area contributed by atoms with Gasteiger partial charge < -0.3 is 9.88 Å². The number of benzene rings is 1. The van der Waals surface area contributed by atoms with E-state index in [1.54, 1.807) is 12.1 Å². The van der Waals surface area contributed by atoms with E-state index in [9.17, 15) is 4.39 Å². The van der Waals surface area contributed by atoms with Crippen LogP contribution < -0.4 is 5.32 Å². The van der Waals surface area contributed by atoms with Crippen molar-refractivity contribution in [2.45, 2.75) is 26.6 Å². The Balaban J connectivity index is 1.83. The van der Waals surface area contributed by atoms with Crippen LogP contribution in [0.3, 0.4) is 0 Å². The molecule has 0 atom stereocenters. The molecule has 2 aromatic rings. The molecule has 0 amide bonds. The van der Waals surface area contributed by atoms with Crippen LogP contribution in [-0.4, -0.2) is 4.57 Å². The summed E-state index contributed by atoms with van der Waals surface area (Å²) in [5.74, 6) is -0.179. The lowest BCUT2D eigenvalue weighted by Crippen LogP contribution is -2.12. The van der Waals surface area contributed by atoms with Gasteiger partial charge in [0.25, 0.3) is 0 Å². The van der Waals surface area contributed by atoms with E-state index in [1.807, 2.05) is 6.07 Å². The van der Waals surface area contributed by atoms with Crippen LogP contribution in [0.1, 0.15) is 18.1 Å². The topological polar surface area (TPSA) is 17.0 Å². The van der Waals surface area contributed by atoms with Gasteiger partial charge in [-0.3, -0.25) is 0 Å². The fourth-order valence-corrected chi connectivity index (χ4v) is 1.79.